The molecule has 3 unspecified atom stereocenters. The number of aliphatic hydroxyl groups is 1. The van der Waals surface area contributed by atoms with Crippen molar-refractivity contribution in [2.45, 2.75) is 45.1 Å². The molecule has 0 amide bonds. The maximum Gasteiger partial charge on any atom is 0.0699 e. The molecule has 0 aromatic rings. The van der Waals surface area contributed by atoms with Gasteiger partial charge in [0.2, 0.25) is 0 Å². The van der Waals surface area contributed by atoms with Crippen molar-refractivity contribution in [2.75, 3.05) is 13.7 Å². The minimum atomic E-state index is -0.418. The molecule has 2 heteroatoms. The van der Waals surface area contributed by atoms with Gasteiger partial charge < -0.3 is 9.84 Å². The summed E-state index contributed by atoms with van der Waals surface area (Å²) in [5.74, 6) is 0.823. The molecule has 0 spiro atoms. The third-order valence-corrected chi connectivity index (χ3v) is 3.68. The second-order valence-electron chi connectivity index (χ2n) is 4.47. The monoisotopic (exact) mass is 186 g/mol. The lowest BCUT2D eigenvalue weighted by molar-refractivity contribution is -0.0485. The molecule has 0 heterocycles. The van der Waals surface area contributed by atoms with E-state index in [1.165, 1.54) is 12.8 Å². The van der Waals surface area contributed by atoms with Crippen LogP contribution < -0.4 is 0 Å². The number of hydrogen-bond donors (Lipinski definition) is 1. The van der Waals surface area contributed by atoms with Crippen LogP contribution in [0.2, 0.25) is 0 Å². The Labute approximate surface area is 81.3 Å². The third kappa shape index (κ3) is 2.23. The van der Waals surface area contributed by atoms with Gasteiger partial charge in [-0.05, 0) is 31.1 Å². The molecule has 0 radical (unpaired) electrons. The zero-order valence-corrected chi connectivity index (χ0v) is 9.05. The lowest BCUT2D eigenvalue weighted by Gasteiger charge is -2.34. The molecule has 1 rings (SSSR count). The van der Waals surface area contributed by atoms with Gasteiger partial charge in [0, 0.05) is 13.7 Å². The second-order valence-corrected chi connectivity index (χ2v) is 4.47. The quantitative estimate of drug-likeness (QED) is 0.729. The number of hydrogen-bond acceptors (Lipinski definition) is 2. The Hall–Kier alpha value is -0.0800. The molecular weight excluding hydrogens is 164 g/mol. The van der Waals surface area contributed by atoms with Crippen LogP contribution in [0.5, 0.6) is 0 Å². The SMILES string of the molecule is COCCC(C)C1(O)CCCC1C. The van der Waals surface area contributed by atoms with Gasteiger partial charge in [-0.25, -0.2) is 0 Å². The maximum atomic E-state index is 10.4. The molecule has 0 saturated heterocycles. The summed E-state index contributed by atoms with van der Waals surface area (Å²) in [6.07, 6.45) is 4.29. The average Bonchev–Trinajstić information content (AvgIpc) is 2.44. The van der Waals surface area contributed by atoms with Gasteiger partial charge in [-0.3, -0.25) is 0 Å². The van der Waals surface area contributed by atoms with Crippen LogP contribution in [-0.4, -0.2) is 24.4 Å². The maximum absolute atomic E-state index is 10.4. The molecule has 13 heavy (non-hydrogen) atoms. The van der Waals surface area contributed by atoms with Gasteiger partial charge in [-0.1, -0.05) is 20.3 Å². The van der Waals surface area contributed by atoms with Crippen molar-refractivity contribution in [3.05, 3.63) is 0 Å². The molecule has 0 aliphatic heterocycles. The molecule has 1 N–H and O–H groups in total. The van der Waals surface area contributed by atoms with E-state index in [0.29, 0.717) is 11.8 Å². The minimum absolute atomic E-state index is 0.366. The highest BCUT2D eigenvalue weighted by molar-refractivity contribution is 4.93. The highest BCUT2D eigenvalue weighted by atomic mass is 16.5. The van der Waals surface area contributed by atoms with Crippen molar-refractivity contribution in [3.8, 4) is 0 Å². The van der Waals surface area contributed by atoms with Gasteiger partial charge in [0.1, 0.15) is 0 Å². The third-order valence-electron chi connectivity index (χ3n) is 3.68. The van der Waals surface area contributed by atoms with Crippen molar-refractivity contribution < 1.29 is 9.84 Å². The summed E-state index contributed by atoms with van der Waals surface area (Å²) in [5, 5.41) is 10.4. The summed E-state index contributed by atoms with van der Waals surface area (Å²) in [7, 11) is 1.72. The Kier molecular flexibility index (Phi) is 3.74. The smallest absolute Gasteiger partial charge is 0.0699 e. The van der Waals surface area contributed by atoms with Crippen LogP contribution in [0.3, 0.4) is 0 Å². The van der Waals surface area contributed by atoms with E-state index >= 15 is 0 Å². The van der Waals surface area contributed by atoms with Crippen molar-refractivity contribution in [1.82, 2.24) is 0 Å². The molecule has 2 nitrogen and oxygen atoms in total. The van der Waals surface area contributed by atoms with Crippen molar-refractivity contribution >= 4 is 0 Å². The van der Waals surface area contributed by atoms with E-state index in [1.54, 1.807) is 7.11 Å². The number of methoxy groups -OCH3 is 1. The predicted molar refractivity (Wildman–Crippen MR) is 53.6 cm³/mol. The number of ether oxygens (including phenoxy) is 1. The first-order chi connectivity index (χ1) is 6.11. The molecule has 1 aliphatic carbocycles. The van der Waals surface area contributed by atoms with Crippen LogP contribution in [-0.2, 0) is 4.74 Å². The number of rotatable bonds is 4. The Morgan fingerprint density at radius 2 is 2.31 bits per heavy atom. The Morgan fingerprint density at radius 1 is 1.62 bits per heavy atom. The van der Waals surface area contributed by atoms with Gasteiger partial charge in [0.05, 0.1) is 5.60 Å². The largest absolute Gasteiger partial charge is 0.389 e. The fourth-order valence-corrected chi connectivity index (χ4v) is 2.46. The lowest BCUT2D eigenvalue weighted by atomic mass is 9.79. The van der Waals surface area contributed by atoms with Crippen molar-refractivity contribution in [3.63, 3.8) is 0 Å². The predicted octanol–water partition coefficient (Wildman–Crippen LogP) is 2.21. The molecule has 0 aromatic heterocycles. The average molecular weight is 186 g/mol. The van der Waals surface area contributed by atoms with E-state index in [1.807, 2.05) is 0 Å². The standard InChI is InChI=1S/C11H22O2/c1-9-5-4-7-11(9,12)10(2)6-8-13-3/h9-10,12H,4-8H2,1-3H3. The molecule has 1 saturated carbocycles. The summed E-state index contributed by atoms with van der Waals surface area (Å²) in [6.45, 7) is 5.06. The zero-order chi connectivity index (χ0) is 9.90. The van der Waals surface area contributed by atoms with Crippen LogP contribution >= 0.6 is 0 Å². The van der Waals surface area contributed by atoms with Gasteiger partial charge in [-0.15, -0.1) is 0 Å². The Balaban J connectivity index is 2.47. The van der Waals surface area contributed by atoms with Gasteiger partial charge >= 0.3 is 0 Å². The van der Waals surface area contributed by atoms with Crippen LogP contribution in [0, 0.1) is 11.8 Å². The minimum Gasteiger partial charge on any atom is -0.389 e. The Bertz CT molecular complexity index is 158. The van der Waals surface area contributed by atoms with E-state index in [0.717, 1.165) is 19.4 Å². The van der Waals surface area contributed by atoms with Crippen molar-refractivity contribution in [2.24, 2.45) is 11.8 Å². The van der Waals surface area contributed by atoms with Gasteiger partial charge in [0.25, 0.3) is 0 Å². The van der Waals surface area contributed by atoms with E-state index in [4.69, 9.17) is 4.74 Å². The van der Waals surface area contributed by atoms with Crippen LogP contribution in [0.15, 0.2) is 0 Å². The molecular formula is C11H22O2. The van der Waals surface area contributed by atoms with Crippen LogP contribution in [0.1, 0.15) is 39.5 Å². The highest BCUT2D eigenvalue weighted by Gasteiger charge is 2.42. The molecule has 0 bridgehead atoms. The molecule has 1 aliphatic rings. The molecule has 78 valence electrons. The molecule has 1 fully saturated rings. The van der Waals surface area contributed by atoms with Crippen LogP contribution in [0.4, 0.5) is 0 Å². The van der Waals surface area contributed by atoms with Crippen molar-refractivity contribution in [1.29, 1.82) is 0 Å². The first-order valence-corrected chi connectivity index (χ1v) is 5.32. The summed E-state index contributed by atoms with van der Waals surface area (Å²) in [4.78, 5) is 0. The highest BCUT2D eigenvalue weighted by Crippen LogP contribution is 2.41. The Morgan fingerprint density at radius 3 is 2.77 bits per heavy atom. The topological polar surface area (TPSA) is 29.5 Å². The van der Waals surface area contributed by atoms with E-state index in [-0.39, 0.29) is 0 Å². The molecule has 0 aromatic carbocycles. The summed E-state index contributed by atoms with van der Waals surface area (Å²) >= 11 is 0. The fourth-order valence-electron chi connectivity index (χ4n) is 2.46. The first kappa shape index (κ1) is 11.0. The molecule has 3 atom stereocenters. The van der Waals surface area contributed by atoms with E-state index < -0.39 is 5.60 Å². The van der Waals surface area contributed by atoms with Gasteiger partial charge in [-0.2, -0.15) is 0 Å². The second kappa shape index (κ2) is 4.43. The van der Waals surface area contributed by atoms with Crippen LogP contribution in [0.25, 0.3) is 0 Å². The summed E-state index contributed by atoms with van der Waals surface area (Å²) in [6, 6.07) is 0. The van der Waals surface area contributed by atoms with Gasteiger partial charge in [0.15, 0.2) is 0 Å². The fraction of sp³-hybridized carbons (Fsp3) is 1.00. The van der Waals surface area contributed by atoms with E-state index in [2.05, 4.69) is 13.8 Å². The summed E-state index contributed by atoms with van der Waals surface area (Å²) in [5.41, 5.74) is -0.418. The summed E-state index contributed by atoms with van der Waals surface area (Å²) < 4.78 is 5.04. The van der Waals surface area contributed by atoms with E-state index in [9.17, 15) is 5.11 Å². The zero-order valence-electron chi connectivity index (χ0n) is 9.05. The lowest BCUT2D eigenvalue weighted by Crippen LogP contribution is -2.39. The first-order valence-electron chi connectivity index (χ1n) is 5.32. The normalized spacial score (nSPS) is 36.5.